The van der Waals surface area contributed by atoms with Gasteiger partial charge in [-0.3, -0.25) is 9.59 Å². The molecule has 1 aromatic heterocycles. The van der Waals surface area contributed by atoms with Gasteiger partial charge in [0, 0.05) is 41.9 Å². The van der Waals surface area contributed by atoms with E-state index >= 15 is 0 Å². The molecule has 0 aliphatic carbocycles. The molecule has 1 aliphatic heterocycles. The number of para-hydroxylation sites is 1. The zero-order chi connectivity index (χ0) is 19.2. The Morgan fingerprint density at radius 1 is 1.00 bits per heavy atom. The van der Waals surface area contributed by atoms with Crippen LogP contribution in [0.25, 0.3) is 10.9 Å². The summed E-state index contributed by atoms with van der Waals surface area (Å²) in [6, 6.07) is 14.8. The van der Waals surface area contributed by atoms with Gasteiger partial charge in [-0.2, -0.15) is 0 Å². The van der Waals surface area contributed by atoms with E-state index in [-0.39, 0.29) is 0 Å². The molecule has 0 saturated carbocycles. The molecule has 6 heteroatoms. The minimum atomic E-state index is -1.27. The fraction of sp³-hybridized carbons (Fsp3) is 0.238. The van der Waals surface area contributed by atoms with Crippen LogP contribution in [-0.4, -0.2) is 22.7 Å². The summed E-state index contributed by atoms with van der Waals surface area (Å²) in [5.41, 5.74) is 2.53. The van der Waals surface area contributed by atoms with Crippen molar-refractivity contribution in [3.63, 3.8) is 0 Å². The van der Waals surface area contributed by atoms with Crippen LogP contribution in [0.4, 0.5) is 0 Å². The highest BCUT2D eigenvalue weighted by atomic mass is 35.5. The van der Waals surface area contributed by atoms with Crippen molar-refractivity contribution in [2.45, 2.75) is 25.6 Å². The second kappa shape index (κ2) is 6.43. The fourth-order valence-corrected chi connectivity index (χ4v) is 3.70. The third-order valence-corrected chi connectivity index (χ3v) is 4.97. The van der Waals surface area contributed by atoms with Crippen molar-refractivity contribution in [1.29, 1.82) is 0 Å². The Morgan fingerprint density at radius 3 is 2.30 bits per heavy atom. The Morgan fingerprint density at radius 2 is 1.63 bits per heavy atom. The summed E-state index contributed by atoms with van der Waals surface area (Å²) in [6.07, 6.45) is 1.82. The second-order valence-electron chi connectivity index (χ2n) is 7.04. The molecule has 0 amide bonds. The lowest BCUT2D eigenvalue weighted by atomic mass is 9.80. The number of nitrogens with one attached hydrogen (secondary N) is 1. The largest absolute Gasteiger partial charge is 0.422 e. The van der Waals surface area contributed by atoms with E-state index in [9.17, 15) is 9.59 Å². The van der Waals surface area contributed by atoms with Crippen molar-refractivity contribution >= 4 is 34.4 Å². The quantitative estimate of drug-likeness (QED) is 0.537. The van der Waals surface area contributed by atoms with Crippen molar-refractivity contribution in [3.05, 3.63) is 70.9 Å². The monoisotopic (exact) mass is 383 g/mol. The van der Waals surface area contributed by atoms with Gasteiger partial charge in [0.25, 0.3) is 5.79 Å². The predicted octanol–water partition coefficient (Wildman–Crippen LogP) is 4.41. The molecular weight excluding hydrogens is 366 g/mol. The molecule has 27 heavy (non-hydrogen) atoms. The van der Waals surface area contributed by atoms with Crippen molar-refractivity contribution in [2.75, 3.05) is 0 Å². The van der Waals surface area contributed by atoms with Gasteiger partial charge in [0.2, 0.25) is 0 Å². The molecule has 1 fully saturated rings. The Bertz CT molecular complexity index is 1000. The number of rotatable bonds is 3. The number of benzene rings is 2. The predicted molar refractivity (Wildman–Crippen MR) is 101 cm³/mol. The number of hydrogen-bond donors (Lipinski definition) is 1. The summed E-state index contributed by atoms with van der Waals surface area (Å²) in [6.45, 7) is 3.09. The van der Waals surface area contributed by atoms with Crippen LogP contribution in [0.3, 0.4) is 0 Å². The summed E-state index contributed by atoms with van der Waals surface area (Å²) >= 11 is 6.03. The van der Waals surface area contributed by atoms with Gasteiger partial charge >= 0.3 is 11.9 Å². The summed E-state index contributed by atoms with van der Waals surface area (Å²) in [4.78, 5) is 28.8. The van der Waals surface area contributed by atoms with Crippen molar-refractivity contribution in [3.8, 4) is 0 Å². The van der Waals surface area contributed by atoms with Gasteiger partial charge in [-0.25, -0.2) is 0 Å². The standard InChI is InChI=1S/C21H18ClNO4/c1-21(2)26-19(24)18(20(25)27-21)17(12-7-9-13(22)10-8-12)15-11-23-16-6-4-3-5-14(15)16/h3-11,17-18,23H,1-2H3/t17-/m1/s1. The van der Waals surface area contributed by atoms with Crippen LogP contribution in [0.1, 0.15) is 30.9 Å². The highest BCUT2D eigenvalue weighted by molar-refractivity contribution is 6.30. The number of aromatic amines is 1. The number of aromatic nitrogens is 1. The topological polar surface area (TPSA) is 68.4 Å². The lowest BCUT2D eigenvalue weighted by Gasteiger charge is -2.36. The van der Waals surface area contributed by atoms with Crippen molar-refractivity contribution < 1.29 is 19.1 Å². The summed E-state index contributed by atoms with van der Waals surface area (Å²) in [7, 11) is 0. The van der Waals surface area contributed by atoms with Crippen molar-refractivity contribution in [2.24, 2.45) is 5.92 Å². The first-order valence-electron chi connectivity index (χ1n) is 8.63. The highest BCUT2D eigenvalue weighted by Crippen LogP contribution is 2.40. The van der Waals surface area contributed by atoms with E-state index in [0.29, 0.717) is 5.02 Å². The van der Waals surface area contributed by atoms with Crippen LogP contribution in [-0.2, 0) is 19.1 Å². The number of cyclic esters (lactones) is 2. The molecule has 1 N–H and O–H groups in total. The summed E-state index contributed by atoms with van der Waals surface area (Å²) < 4.78 is 10.7. The minimum Gasteiger partial charge on any atom is -0.422 e. The van der Waals surface area contributed by atoms with E-state index in [2.05, 4.69) is 4.98 Å². The number of ether oxygens (including phenoxy) is 2. The normalized spacial score (nSPS) is 18.2. The number of carbonyl (C=O) groups excluding carboxylic acids is 2. The van der Waals surface area contributed by atoms with E-state index in [1.165, 1.54) is 0 Å². The highest BCUT2D eigenvalue weighted by Gasteiger charge is 2.48. The maximum absolute atomic E-state index is 12.8. The first kappa shape index (κ1) is 17.6. The van der Waals surface area contributed by atoms with Crippen LogP contribution in [0.2, 0.25) is 5.02 Å². The van der Waals surface area contributed by atoms with E-state index < -0.39 is 29.6 Å². The van der Waals surface area contributed by atoms with E-state index in [1.807, 2.05) is 42.6 Å². The van der Waals surface area contributed by atoms with E-state index in [1.54, 1.807) is 26.0 Å². The first-order chi connectivity index (χ1) is 12.9. The van der Waals surface area contributed by atoms with Crippen molar-refractivity contribution in [1.82, 2.24) is 4.98 Å². The average Bonchev–Trinajstić information content (AvgIpc) is 3.02. The number of carbonyl (C=O) groups is 2. The van der Waals surface area contributed by atoms with Gasteiger partial charge in [-0.1, -0.05) is 41.9 Å². The number of H-pyrrole nitrogens is 1. The molecular formula is C21H18ClNO4. The average molecular weight is 384 g/mol. The molecule has 2 heterocycles. The molecule has 1 saturated heterocycles. The number of esters is 2. The Hall–Kier alpha value is -2.79. The number of fused-ring (bicyclic) bond motifs is 1. The number of hydrogen-bond acceptors (Lipinski definition) is 4. The van der Waals surface area contributed by atoms with Gasteiger partial charge in [-0.15, -0.1) is 0 Å². The molecule has 2 aromatic carbocycles. The molecule has 0 bridgehead atoms. The molecule has 3 aromatic rings. The molecule has 0 unspecified atom stereocenters. The number of halogens is 1. The van der Waals surface area contributed by atoms with Gasteiger partial charge in [0.1, 0.15) is 0 Å². The molecule has 5 nitrogen and oxygen atoms in total. The van der Waals surface area contributed by atoms with Crippen LogP contribution in [0.15, 0.2) is 54.7 Å². The Kier molecular flexibility index (Phi) is 4.19. The summed E-state index contributed by atoms with van der Waals surface area (Å²) in [5, 5.41) is 1.51. The van der Waals surface area contributed by atoms with Gasteiger partial charge in [0.15, 0.2) is 5.92 Å². The maximum Gasteiger partial charge on any atom is 0.324 e. The summed E-state index contributed by atoms with van der Waals surface area (Å²) in [5.74, 6) is -4.12. The molecule has 1 atom stereocenters. The zero-order valence-corrected chi connectivity index (χ0v) is 15.6. The fourth-order valence-electron chi connectivity index (χ4n) is 3.57. The van der Waals surface area contributed by atoms with Crippen LogP contribution < -0.4 is 0 Å². The molecule has 4 rings (SSSR count). The second-order valence-corrected chi connectivity index (χ2v) is 7.47. The Balaban J connectivity index is 1.88. The smallest absolute Gasteiger partial charge is 0.324 e. The minimum absolute atomic E-state index is 0.561. The third kappa shape index (κ3) is 3.19. The lowest BCUT2D eigenvalue weighted by molar-refractivity contribution is -0.240. The van der Waals surface area contributed by atoms with Crippen LogP contribution >= 0.6 is 11.6 Å². The first-order valence-corrected chi connectivity index (χ1v) is 9.01. The lowest BCUT2D eigenvalue weighted by Crippen LogP contribution is -2.48. The molecule has 0 radical (unpaired) electrons. The molecule has 0 spiro atoms. The van der Waals surface area contributed by atoms with Gasteiger partial charge in [-0.05, 0) is 29.3 Å². The van der Waals surface area contributed by atoms with E-state index in [4.69, 9.17) is 21.1 Å². The SMILES string of the molecule is CC1(C)OC(=O)C([C@H](c2ccc(Cl)cc2)c2c[nH]c3ccccc23)C(=O)O1. The molecule has 138 valence electrons. The third-order valence-electron chi connectivity index (χ3n) is 4.72. The van der Waals surface area contributed by atoms with E-state index in [0.717, 1.165) is 22.0 Å². The maximum atomic E-state index is 12.8. The molecule has 1 aliphatic rings. The van der Waals surface area contributed by atoms with Gasteiger partial charge < -0.3 is 14.5 Å². The van der Waals surface area contributed by atoms with Gasteiger partial charge in [0.05, 0.1) is 0 Å². The van der Waals surface area contributed by atoms with Crippen LogP contribution in [0.5, 0.6) is 0 Å². The Labute approximate surface area is 161 Å². The van der Waals surface area contributed by atoms with Crippen LogP contribution in [0, 0.1) is 5.92 Å². The zero-order valence-electron chi connectivity index (χ0n) is 14.9.